The lowest BCUT2D eigenvalue weighted by Crippen LogP contribution is -2.24. The molecule has 1 atom stereocenters. The minimum atomic E-state index is -0.336. The number of amides is 1. The smallest absolute Gasteiger partial charge is 0.297 e. The Morgan fingerprint density at radius 2 is 1.82 bits per heavy atom. The van der Waals surface area contributed by atoms with E-state index in [1.807, 2.05) is 18.2 Å². The van der Waals surface area contributed by atoms with Gasteiger partial charge in [0.15, 0.2) is 5.75 Å². The van der Waals surface area contributed by atoms with E-state index in [2.05, 4.69) is 26.1 Å². The number of carbonyl (C=O) groups excluding carboxylic acids is 1. The van der Waals surface area contributed by atoms with Gasteiger partial charge in [-0.25, -0.2) is 0 Å². The minimum absolute atomic E-state index is 0.00650. The first-order valence-corrected chi connectivity index (χ1v) is 12.3. The van der Waals surface area contributed by atoms with Gasteiger partial charge >= 0.3 is 0 Å². The van der Waals surface area contributed by atoms with Gasteiger partial charge in [-0.05, 0) is 49.1 Å². The van der Waals surface area contributed by atoms with Gasteiger partial charge in [0.1, 0.15) is 0 Å². The van der Waals surface area contributed by atoms with E-state index >= 15 is 0 Å². The van der Waals surface area contributed by atoms with E-state index in [1.54, 1.807) is 34.9 Å². The summed E-state index contributed by atoms with van der Waals surface area (Å²) in [7, 11) is 0. The van der Waals surface area contributed by atoms with Crippen LogP contribution in [0.25, 0.3) is 10.9 Å². The lowest BCUT2D eigenvalue weighted by Gasteiger charge is -2.18. The molecule has 2 N–H and O–H groups in total. The number of hydrogen-bond acceptors (Lipinski definition) is 4. The van der Waals surface area contributed by atoms with Gasteiger partial charge in [0.2, 0.25) is 5.75 Å². The van der Waals surface area contributed by atoms with Crippen molar-refractivity contribution in [1.82, 2.24) is 4.57 Å². The molecule has 3 rings (SSSR count). The maximum Gasteiger partial charge on any atom is 0.297 e. The third-order valence-corrected chi connectivity index (χ3v) is 6.02. The summed E-state index contributed by atoms with van der Waals surface area (Å²) in [6.07, 6.45) is 6.09. The molecule has 3 aromatic rings. The summed E-state index contributed by atoms with van der Waals surface area (Å²) in [5.74, 6) is -0.0829. The zero-order valence-corrected chi connectivity index (χ0v) is 20.5. The summed E-state index contributed by atoms with van der Waals surface area (Å²) < 4.78 is 7.53. The molecule has 0 saturated heterocycles. The number of anilines is 1. The van der Waals surface area contributed by atoms with Crippen LogP contribution in [0.15, 0.2) is 53.3 Å². The Kier molecular flexibility index (Phi) is 9.14. The van der Waals surface area contributed by atoms with Crippen molar-refractivity contribution in [2.24, 2.45) is 5.92 Å². The van der Waals surface area contributed by atoms with Gasteiger partial charge in [-0.2, -0.15) is 0 Å². The molecule has 0 fully saturated rings. The Bertz CT molecular complexity index is 1150. The highest BCUT2D eigenvalue weighted by molar-refractivity contribution is 6.05. The molecular formula is C28H36N2O4. The summed E-state index contributed by atoms with van der Waals surface area (Å²) in [6, 6.07) is 14.2. The number of rotatable bonds is 12. The van der Waals surface area contributed by atoms with Crippen molar-refractivity contribution < 1.29 is 14.6 Å². The van der Waals surface area contributed by atoms with Crippen molar-refractivity contribution in [2.45, 2.75) is 65.8 Å². The Balaban J connectivity index is 1.98. The van der Waals surface area contributed by atoms with E-state index in [9.17, 15) is 14.7 Å². The van der Waals surface area contributed by atoms with E-state index in [-0.39, 0.29) is 28.9 Å². The van der Waals surface area contributed by atoms with Crippen molar-refractivity contribution in [3.05, 3.63) is 64.4 Å². The lowest BCUT2D eigenvalue weighted by atomic mass is 10.1. The highest BCUT2D eigenvalue weighted by atomic mass is 16.5. The first-order valence-electron chi connectivity index (χ1n) is 12.3. The number of nitrogens with one attached hydrogen (secondary N) is 1. The van der Waals surface area contributed by atoms with Crippen LogP contribution in [0.1, 0.15) is 69.7 Å². The van der Waals surface area contributed by atoms with Crippen LogP contribution in [-0.2, 0) is 6.54 Å². The lowest BCUT2D eigenvalue weighted by molar-refractivity contribution is 0.102. The molecule has 1 heterocycles. The molecular weight excluding hydrogens is 428 g/mol. The van der Waals surface area contributed by atoms with Crippen LogP contribution in [-0.4, -0.2) is 22.2 Å². The molecule has 0 aliphatic carbocycles. The first-order chi connectivity index (χ1) is 16.5. The normalized spacial score (nSPS) is 12.0. The number of pyridine rings is 1. The zero-order valence-electron chi connectivity index (χ0n) is 20.5. The molecule has 1 aromatic heterocycles. The van der Waals surface area contributed by atoms with Crippen molar-refractivity contribution in [3.8, 4) is 11.5 Å². The van der Waals surface area contributed by atoms with Crippen LogP contribution in [0.4, 0.5) is 5.69 Å². The van der Waals surface area contributed by atoms with Gasteiger partial charge in [-0.15, -0.1) is 0 Å². The fraction of sp³-hybridized carbons (Fsp3) is 0.429. The van der Waals surface area contributed by atoms with Crippen LogP contribution < -0.4 is 15.6 Å². The van der Waals surface area contributed by atoms with E-state index in [1.165, 1.54) is 0 Å². The average molecular weight is 465 g/mol. The Hall–Kier alpha value is -3.28. The minimum Gasteiger partial charge on any atom is -0.504 e. The summed E-state index contributed by atoms with van der Waals surface area (Å²) in [4.78, 5) is 26.0. The van der Waals surface area contributed by atoms with Crippen LogP contribution in [0.3, 0.4) is 0 Å². The quantitative estimate of drug-likeness (QED) is 0.306. The number of carbonyl (C=O) groups is 1. The van der Waals surface area contributed by atoms with Gasteiger partial charge in [-0.3, -0.25) is 9.59 Å². The Morgan fingerprint density at radius 1 is 1.06 bits per heavy atom. The van der Waals surface area contributed by atoms with Crippen LogP contribution in [0, 0.1) is 5.92 Å². The second kappa shape index (κ2) is 12.3. The van der Waals surface area contributed by atoms with Crippen molar-refractivity contribution >= 4 is 22.5 Å². The molecule has 0 spiro atoms. The second-order valence-corrected chi connectivity index (χ2v) is 8.95. The van der Waals surface area contributed by atoms with Crippen LogP contribution in [0.5, 0.6) is 11.5 Å². The molecule has 0 saturated carbocycles. The number of aromatic nitrogens is 1. The van der Waals surface area contributed by atoms with Gasteiger partial charge in [0, 0.05) is 23.2 Å². The topological polar surface area (TPSA) is 80.6 Å². The maximum atomic E-state index is 13.4. The third-order valence-electron chi connectivity index (χ3n) is 6.02. The van der Waals surface area contributed by atoms with Gasteiger partial charge in [0.25, 0.3) is 11.5 Å². The Labute approximate surface area is 201 Å². The van der Waals surface area contributed by atoms with Crippen molar-refractivity contribution in [1.29, 1.82) is 0 Å². The van der Waals surface area contributed by atoms with E-state index < -0.39 is 0 Å². The molecule has 0 aliphatic heterocycles. The summed E-state index contributed by atoms with van der Waals surface area (Å²) in [6.45, 7) is 7.23. The summed E-state index contributed by atoms with van der Waals surface area (Å²) in [5, 5.41) is 14.4. The van der Waals surface area contributed by atoms with Crippen LogP contribution in [0.2, 0.25) is 0 Å². The number of aryl methyl sites for hydroxylation is 1. The zero-order chi connectivity index (χ0) is 24.5. The fourth-order valence-corrected chi connectivity index (χ4v) is 4.13. The molecule has 34 heavy (non-hydrogen) atoms. The molecule has 182 valence electrons. The van der Waals surface area contributed by atoms with E-state index in [0.29, 0.717) is 35.3 Å². The number of hydrogen-bond donors (Lipinski definition) is 2. The van der Waals surface area contributed by atoms with E-state index in [4.69, 9.17) is 4.74 Å². The highest BCUT2D eigenvalue weighted by Gasteiger charge is 2.19. The Morgan fingerprint density at radius 3 is 2.53 bits per heavy atom. The number of fused-ring (bicyclic) bond motifs is 1. The molecule has 1 amide bonds. The first kappa shape index (κ1) is 25.3. The monoisotopic (exact) mass is 464 g/mol. The van der Waals surface area contributed by atoms with Gasteiger partial charge < -0.3 is 19.7 Å². The predicted molar refractivity (Wildman–Crippen MR) is 138 cm³/mol. The molecule has 0 aliphatic rings. The molecule has 0 radical (unpaired) electrons. The van der Waals surface area contributed by atoms with Crippen molar-refractivity contribution in [3.63, 3.8) is 0 Å². The van der Waals surface area contributed by atoms with Gasteiger partial charge in [-0.1, -0.05) is 64.7 Å². The van der Waals surface area contributed by atoms with Gasteiger partial charge in [0.05, 0.1) is 12.1 Å². The number of nitrogens with zero attached hydrogens (tertiary/aromatic N) is 1. The molecule has 0 bridgehead atoms. The fourth-order valence-electron chi connectivity index (χ4n) is 4.13. The predicted octanol–water partition coefficient (Wildman–Crippen LogP) is 6.35. The second-order valence-electron chi connectivity index (χ2n) is 8.95. The third kappa shape index (κ3) is 6.19. The molecule has 6 heteroatoms. The molecule has 1 unspecified atom stereocenters. The number of ether oxygens (including phenoxy) is 1. The molecule has 6 nitrogen and oxygen atoms in total. The van der Waals surface area contributed by atoms with Crippen molar-refractivity contribution in [2.75, 3.05) is 11.9 Å². The average Bonchev–Trinajstić information content (AvgIpc) is 2.84. The number of aromatic hydroxyl groups is 1. The number of benzene rings is 2. The SMILES string of the molecule is CCCCCCn1c(=O)c(OCC(C)CCC)c(O)c2ccc(NC(=O)c3ccccc3)cc21. The summed E-state index contributed by atoms with van der Waals surface area (Å²) in [5.41, 5.74) is 1.36. The highest BCUT2D eigenvalue weighted by Crippen LogP contribution is 2.33. The molecule has 2 aromatic carbocycles. The summed E-state index contributed by atoms with van der Waals surface area (Å²) >= 11 is 0. The standard InChI is InChI=1S/C28H36N2O4/c1-4-6-7-11-17-30-24-18-22(29-27(32)21-13-9-8-10-14-21)15-16-23(24)25(31)26(28(30)33)34-19-20(3)12-5-2/h8-10,13-16,18,20,31H,4-7,11-12,17,19H2,1-3H3,(H,29,32). The largest absolute Gasteiger partial charge is 0.504 e. The van der Waals surface area contributed by atoms with Crippen LogP contribution >= 0.6 is 0 Å². The number of unbranched alkanes of at least 4 members (excludes halogenated alkanes) is 3. The maximum absolute atomic E-state index is 13.4. The van der Waals surface area contributed by atoms with E-state index in [0.717, 1.165) is 38.5 Å².